The predicted molar refractivity (Wildman–Crippen MR) is 71.1 cm³/mol. The van der Waals surface area contributed by atoms with Gasteiger partial charge in [-0.2, -0.15) is 0 Å². The van der Waals surface area contributed by atoms with Crippen LogP contribution in [-0.4, -0.2) is 31.8 Å². The summed E-state index contributed by atoms with van der Waals surface area (Å²) in [7, 11) is 1.26. The molecule has 0 radical (unpaired) electrons. The van der Waals surface area contributed by atoms with E-state index >= 15 is 0 Å². The molecule has 0 aliphatic heterocycles. The minimum Gasteiger partial charge on any atom is -0.467 e. The van der Waals surface area contributed by atoms with Gasteiger partial charge in [-0.3, -0.25) is 0 Å². The number of esters is 1. The van der Waals surface area contributed by atoms with E-state index in [0.29, 0.717) is 5.02 Å². The zero-order chi connectivity index (χ0) is 14.3. The fourth-order valence-electron chi connectivity index (χ4n) is 1.53. The normalized spacial score (nSPS) is 11.5. The highest BCUT2D eigenvalue weighted by Gasteiger charge is 2.23. The zero-order valence-corrected chi connectivity index (χ0v) is 11.6. The van der Waals surface area contributed by atoms with E-state index in [1.54, 1.807) is 31.2 Å². The molecule has 6 heteroatoms. The number of hydrogen-bond donors (Lipinski definition) is 1. The lowest BCUT2D eigenvalue weighted by Crippen LogP contribution is -2.43. The van der Waals surface area contributed by atoms with Gasteiger partial charge in [-0.15, -0.1) is 0 Å². The molecule has 19 heavy (non-hydrogen) atoms. The van der Waals surface area contributed by atoms with Crippen LogP contribution in [0.1, 0.15) is 12.5 Å². The van der Waals surface area contributed by atoms with Gasteiger partial charge < -0.3 is 14.8 Å². The second-order valence-corrected chi connectivity index (χ2v) is 4.14. The molecule has 0 aliphatic carbocycles. The van der Waals surface area contributed by atoms with E-state index in [1.807, 2.05) is 0 Å². The molecule has 0 spiro atoms. The molecule has 1 atom stereocenters. The van der Waals surface area contributed by atoms with Crippen LogP contribution in [0.15, 0.2) is 24.3 Å². The number of carbonyl (C=O) groups excluding carboxylic acids is 2. The van der Waals surface area contributed by atoms with Crippen molar-refractivity contribution in [2.24, 2.45) is 0 Å². The molecule has 1 unspecified atom stereocenters. The number of methoxy groups -OCH3 is 1. The minimum atomic E-state index is -0.830. The average molecular weight is 286 g/mol. The predicted octanol–water partition coefficient (Wildman–Crippen LogP) is 2.17. The van der Waals surface area contributed by atoms with Gasteiger partial charge in [0.1, 0.15) is 6.04 Å². The Morgan fingerprint density at radius 1 is 1.37 bits per heavy atom. The number of halogens is 1. The Kier molecular flexibility index (Phi) is 6.15. The fraction of sp³-hybridized carbons (Fsp3) is 0.385. The van der Waals surface area contributed by atoms with Gasteiger partial charge in [0.05, 0.1) is 13.7 Å². The summed E-state index contributed by atoms with van der Waals surface area (Å²) in [6.45, 7) is 1.91. The molecule has 5 nitrogen and oxygen atoms in total. The molecule has 1 rings (SSSR count). The Bertz CT molecular complexity index is 450. The monoisotopic (exact) mass is 285 g/mol. The molecule has 0 heterocycles. The van der Waals surface area contributed by atoms with Crippen molar-refractivity contribution in [3.8, 4) is 0 Å². The molecule has 104 valence electrons. The van der Waals surface area contributed by atoms with Crippen LogP contribution in [-0.2, 0) is 20.7 Å². The van der Waals surface area contributed by atoms with Crippen molar-refractivity contribution >= 4 is 23.7 Å². The van der Waals surface area contributed by atoms with Crippen molar-refractivity contribution in [2.45, 2.75) is 19.4 Å². The van der Waals surface area contributed by atoms with Gasteiger partial charge in [0, 0.05) is 11.4 Å². The maximum absolute atomic E-state index is 11.6. The lowest BCUT2D eigenvalue weighted by Gasteiger charge is -2.16. The summed E-state index contributed by atoms with van der Waals surface area (Å²) >= 11 is 6.02. The van der Waals surface area contributed by atoms with E-state index in [2.05, 4.69) is 10.1 Å². The van der Waals surface area contributed by atoms with E-state index in [1.165, 1.54) is 7.11 Å². The number of alkyl carbamates (subject to hydrolysis) is 1. The zero-order valence-electron chi connectivity index (χ0n) is 10.8. The highest BCUT2D eigenvalue weighted by Crippen LogP contribution is 2.17. The maximum Gasteiger partial charge on any atom is 0.407 e. The molecule has 1 amide bonds. The molecular weight excluding hydrogens is 270 g/mol. The SMILES string of the molecule is CCOC(=O)NC(Cc1ccccc1Cl)C(=O)OC. The molecule has 1 aromatic rings. The van der Waals surface area contributed by atoms with E-state index in [9.17, 15) is 9.59 Å². The Hall–Kier alpha value is -1.75. The molecule has 0 fully saturated rings. The van der Waals surface area contributed by atoms with Crippen molar-refractivity contribution in [3.63, 3.8) is 0 Å². The smallest absolute Gasteiger partial charge is 0.407 e. The third kappa shape index (κ3) is 4.79. The highest BCUT2D eigenvalue weighted by atomic mass is 35.5. The molecule has 1 N–H and O–H groups in total. The first kappa shape index (κ1) is 15.3. The molecule has 0 aliphatic rings. The van der Waals surface area contributed by atoms with E-state index < -0.39 is 18.1 Å². The number of ether oxygens (including phenoxy) is 2. The first-order chi connectivity index (χ1) is 9.08. The van der Waals surface area contributed by atoms with Crippen molar-refractivity contribution in [1.82, 2.24) is 5.32 Å². The summed E-state index contributed by atoms with van der Waals surface area (Å²) < 4.78 is 9.40. The van der Waals surface area contributed by atoms with Crippen molar-refractivity contribution in [3.05, 3.63) is 34.9 Å². The van der Waals surface area contributed by atoms with Crippen LogP contribution in [0.2, 0.25) is 5.02 Å². The largest absolute Gasteiger partial charge is 0.467 e. The summed E-state index contributed by atoms with van der Waals surface area (Å²) in [4.78, 5) is 23.0. The second kappa shape index (κ2) is 7.63. The minimum absolute atomic E-state index is 0.228. The summed E-state index contributed by atoms with van der Waals surface area (Å²) in [5.74, 6) is -0.548. The standard InChI is InChI=1S/C13H16ClNO4/c1-3-19-13(17)15-11(12(16)18-2)8-9-6-4-5-7-10(9)14/h4-7,11H,3,8H2,1-2H3,(H,15,17). The number of rotatable bonds is 5. The van der Waals surface area contributed by atoms with Crippen LogP contribution in [0, 0.1) is 0 Å². The van der Waals surface area contributed by atoms with Gasteiger partial charge in [0.15, 0.2) is 0 Å². The summed E-state index contributed by atoms with van der Waals surface area (Å²) in [5.41, 5.74) is 0.747. The number of carbonyl (C=O) groups is 2. The number of nitrogens with one attached hydrogen (secondary N) is 1. The van der Waals surface area contributed by atoms with Crippen LogP contribution < -0.4 is 5.32 Å². The van der Waals surface area contributed by atoms with Crippen molar-refractivity contribution in [1.29, 1.82) is 0 Å². The maximum atomic E-state index is 11.6. The molecule has 0 bridgehead atoms. The van der Waals surface area contributed by atoms with Crippen LogP contribution in [0.4, 0.5) is 4.79 Å². The first-order valence-electron chi connectivity index (χ1n) is 5.83. The Balaban J connectivity index is 2.78. The van der Waals surface area contributed by atoms with Crippen LogP contribution in [0.5, 0.6) is 0 Å². The van der Waals surface area contributed by atoms with Crippen LogP contribution in [0.3, 0.4) is 0 Å². The van der Waals surface area contributed by atoms with Gasteiger partial charge >= 0.3 is 12.1 Å². The van der Waals surface area contributed by atoms with Crippen LogP contribution in [0.25, 0.3) is 0 Å². The van der Waals surface area contributed by atoms with Crippen LogP contribution >= 0.6 is 11.6 Å². The van der Waals surface area contributed by atoms with Gasteiger partial charge in [-0.05, 0) is 18.6 Å². The van der Waals surface area contributed by atoms with Gasteiger partial charge in [-0.25, -0.2) is 9.59 Å². The third-order valence-electron chi connectivity index (χ3n) is 2.44. The Morgan fingerprint density at radius 3 is 2.63 bits per heavy atom. The Labute approximate surface area is 116 Å². The Morgan fingerprint density at radius 2 is 2.05 bits per heavy atom. The topological polar surface area (TPSA) is 64.6 Å². The highest BCUT2D eigenvalue weighted by molar-refractivity contribution is 6.31. The first-order valence-corrected chi connectivity index (χ1v) is 6.20. The van der Waals surface area contributed by atoms with Crippen molar-refractivity contribution < 1.29 is 19.1 Å². The average Bonchev–Trinajstić information content (AvgIpc) is 2.39. The van der Waals surface area contributed by atoms with Gasteiger partial charge in [0.25, 0.3) is 0 Å². The quantitative estimate of drug-likeness (QED) is 0.842. The van der Waals surface area contributed by atoms with Gasteiger partial charge in [-0.1, -0.05) is 29.8 Å². The van der Waals surface area contributed by atoms with E-state index in [4.69, 9.17) is 16.3 Å². The molecule has 0 saturated heterocycles. The molecule has 0 saturated carbocycles. The molecule has 0 aromatic heterocycles. The summed E-state index contributed by atoms with van der Waals surface area (Å²) in [6.07, 6.45) is -0.421. The second-order valence-electron chi connectivity index (χ2n) is 3.74. The van der Waals surface area contributed by atoms with Gasteiger partial charge in [0.2, 0.25) is 0 Å². The third-order valence-corrected chi connectivity index (χ3v) is 2.80. The molecule has 1 aromatic carbocycles. The fourth-order valence-corrected chi connectivity index (χ4v) is 1.75. The summed E-state index contributed by atoms with van der Waals surface area (Å²) in [5, 5.41) is 2.98. The lowest BCUT2D eigenvalue weighted by molar-refractivity contribution is -0.142. The number of benzene rings is 1. The van der Waals surface area contributed by atoms with E-state index in [0.717, 1.165) is 5.56 Å². The number of hydrogen-bond acceptors (Lipinski definition) is 4. The molecular formula is C13H16ClNO4. The summed E-state index contributed by atoms with van der Waals surface area (Å²) in [6, 6.07) is 6.27. The van der Waals surface area contributed by atoms with E-state index in [-0.39, 0.29) is 13.0 Å². The van der Waals surface area contributed by atoms with Crippen molar-refractivity contribution in [2.75, 3.05) is 13.7 Å². The number of amides is 1. The lowest BCUT2D eigenvalue weighted by atomic mass is 10.1.